The number of hydrogen-bond acceptors (Lipinski definition) is 0. The van der Waals surface area contributed by atoms with E-state index in [4.69, 9.17) is 0 Å². The van der Waals surface area contributed by atoms with Crippen LogP contribution < -0.4 is 0 Å². The first-order chi connectivity index (χ1) is 6.04. The quantitative estimate of drug-likeness (QED) is 0.643. The van der Waals surface area contributed by atoms with Gasteiger partial charge in [0, 0.05) is 0 Å². The first-order valence-corrected chi connectivity index (χ1v) is 5.11. The molecular weight excluding hydrogens is 189 g/mol. The Morgan fingerprint density at radius 1 is 0.786 bits per heavy atom. The third kappa shape index (κ3) is 2.43. The van der Waals surface area contributed by atoms with Crippen LogP contribution in [0.1, 0.15) is 41.5 Å². The van der Waals surface area contributed by atoms with Gasteiger partial charge in [-0.3, -0.25) is 0 Å². The highest BCUT2D eigenvalue weighted by molar-refractivity contribution is 4.89. The fourth-order valence-electron chi connectivity index (χ4n) is 2.02. The summed E-state index contributed by atoms with van der Waals surface area (Å²) in [5, 5.41) is 0. The van der Waals surface area contributed by atoms with E-state index in [-0.39, 0.29) is 11.8 Å². The molecule has 0 bridgehead atoms. The molecule has 0 aliphatic rings. The predicted octanol–water partition coefficient (Wildman–Crippen LogP) is 4.50. The first-order valence-electron chi connectivity index (χ1n) is 5.11. The van der Waals surface area contributed by atoms with Crippen molar-refractivity contribution in [3.05, 3.63) is 0 Å². The van der Waals surface area contributed by atoms with Crippen LogP contribution >= 0.6 is 0 Å². The number of hydrogen-bond donors (Lipinski definition) is 0. The zero-order chi connectivity index (χ0) is 11.7. The van der Waals surface area contributed by atoms with Gasteiger partial charge in [0.15, 0.2) is 0 Å². The summed E-state index contributed by atoms with van der Waals surface area (Å²) in [7, 11) is 0. The van der Waals surface area contributed by atoms with E-state index in [2.05, 4.69) is 0 Å². The second kappa shape index (κ2) is 4.11. The molecule has 14 heavy (non-hydrogen) atoms. The van der Waals surface area contributed by atoms with E-state index in [0.29, 0.717) is 0 Å². The Kier molecular flexibility index (Phi) is 4.05. The summed E-state index contributed by atoms with van der Waals surface area (Å²) in [4.78, 5) is 0. The molecule has 0 saturated carbocycles. The van der Waals surface area contributed by atoms with Crippen LogP contribution in [-0.2, 0) is 0 Å². The molecule has 0 radical (unpaired) electrons. The van der Waals surface area contributed by atoms with Gasteiger partial charge in [0.2, 0.25) is 0 Å². The van der Waals surface area contributed by atoms with Crippen molar-refractivity contribution in [3.63, 3.8) is 0 Å². The molecule has 0 N–H and O–H groups in total. The van der Waals surface area contributed by atoms with E-state index in [1.807, 2.05) is 27.7 Å². The minimum absolute atomic E-state index is 0.0270. The first kappa shape index (κ1) is 13.8. The standard InChI is InChI=1S/C11H21F3/c1-7(2)10(6,8(3)4)9(5)11(12,13)14/h7-9H,1-6H3. The van der Waals surface area contributed by atoms with Crippen LogP contribution in [0.2, 0.25) is 0 Å². The van der Waals surface area contributed by atoms with Crippen molar-refractivity contribution in [1.82, 2.24) is 0 Å². The summed E-state index contributed by atoms with van der Waals surface area (Å²) >= 11 is 0. The van der Waals surface area contributed by atoms with Gasteiger partial charge in [-0.1, -0.05) is 41.5 Å². The SMILES string of the molecule is CC(C)C(C)(C(C)C)C(C)C(F)(F)F. The van der Waals surface area contributed by atoms with Crippen LogP contribution in [0.25, 0.3) is 0 Å². The zero-order valence-corrected chi connectivity index (χ0v) is 9.87. The molecule has 0 fully saturated rings. The van der Waals surface area contributed by atoms with E-state index in [1.165, 1.54) is 6.92 Å². The maximum atomic E-state index is 12.7. The van der Waals surface area contributed by atoms with Crippen LogP contribution in [0.4, 0.5) is 13.2 Å². The minimum atomic E-state index is -4.09. The fourth-order valence-corrected chi connectivity index (χ4v) is 2.02. The molecule has 0 spiro atoms. The lowest BCUT2D eigenvalue weighted by Gasteiger charge is -2.43. The maximum absolute atomic E-state index is 12.7. The predicted molar refractivity (Wildman–Crippen MR) is 53.0 cm³/mol. The molecule has 0 aromatic rings. The average molecular weight is 210 g/mol. The second-order valence-corrected chi connectivity index (χ2v) is 4.94. The monoisotopic (exact) mass is 210 g/mol. The maximum Gasteiger partial charge on any atom is 0.392 e. The highest BCUT2D eigenvalue weighted by Gasteiger charge is 2.50. The average Bonchev–Trinajstić information content (AvgIpc) is 1.99. The van der Waals surface area contributed by atoms with Crippen LogP contribution in [0, 0.1) is 23.2 Å². The molecule has 0 nitrogen and oxygen atoms in total. The van der Waals surface area contributed by atoms with E-state index in [0.717, 1.165) is 0 Å². The lowest BCUT2D eigenvalue weighted by molar-refractivity contribution is -0.214. The Labute approximate surface area is 84.9 Å². The molecular formula is C11H21F3. The van der Waals surface area contributed by atoms with Crippen molar-refractivity contribution < 1.29 is 13.2 Å². The van der Waals surface area contributed by atoms with Crippen molar-refractivity contribution >= 4 is 0 Å². The molecule has 86 valence electrons. The summed E-state index contributed by atoms with van der Waals surface area (Å²) in [6.45, 7) is 10.5. The largest absolute Gasteiger partial charge is 0.392 e. The summed E-state index contributed by atoms with van der Waals surface area (Å²) in [5.41, 5.74) is -0.682. The Bertz CT molecular complexity index is 171. The summed E-state index contributed by atoms with van der Waals surface area (Å²) in [6, 6.07) is 0. The van der Waals surface area contributed by atoms with Gasteiger partial charge in [-0.15, -0.1) is 0 Å². The van der Waals surface area contributed by atoms with Gasteiger partial charge in [0.05, 0.1) is 5.92 Å². The lowest BCUT2D eigenvalue weighted by Crippen LogP contribution is -2.43. The molecule has 1 unspecified atom stereocenters. The lowest BCUT2D eigenvalue weighted by atomic mass is 9.63. The Morgan fingerprint density at radius 2 is 1.07 bits per heavy atom. The summed E-state index contributed by atoms with van der Waals surface area (Å²) < 4.78 is 38.0. The Morgan fingerprint density at radius 3 is 1.14 bits per heavy atom. The smallest absolute Gasteiger partial charge is 0.171 e. The van der Waals surface area contributed by atoms with Gasteiger partial charge in [-0.2, -0.15) is 13.2 Å². The van der Waals surface area contributed by atoms with Crippen LogP contribution in [0.3, 0.4) is 0 Å². The van der Waals surface area contributed by atoms with Crippen molar-refractivity contribution in [2.24, 2.45) is 23.2 Å². The highest BCUT2D eigenvalue weighted by atomic mass is 19.4. The molecule has 0 aliphatic heterocycles. The Hall–Kier alpha value is -0.210. The van der Waals surface area contributed by atoms with E-state index in [1.54, 1.807) is 6.92 Å². The summed E-state index contributed by atoms with van der Waals surface area (Å²) in [6.07, 6.45) is -4.09. The molecule has 0 aromatic heterocycles. The van der Waals surface area contributed by atoms with E-state index in [9.17, 15) is 13.2 Å². The van der Waals surface area contributed by atoms with Gasteiger partial charge < -0.3 is 0 Å². The molecule has 0 heterocycles. The molecule has 0 amide bonds. The van der Waals surface area contributed by atoms with Crippen molar-refractivity contribution in [2.75, 3.05) is 0 Å². The summed E-state index contributed by atoms with van der Waals surface area (Å²) in [5.74, 6) is -1.20. The second-order valence-electron chi connectivity index (χ2n) is 4.94. The van der Waals surface area contributed by atoms with Gasteiger partial charge in [0.1, 0.15) is 0 Å². The molecule has 0 aliphatic carbocycles. The van der Waals surface area contributed by atoms with Crippen molar-refractivity contribution in [3.8, 4) is 0 Å². The Balaban J connectivity index is 5.03. The van der Waals surface area contributed by atoms with Gasteiger partial charge in [0.25, 0.3) is 0 Å². The fraction of sp³-hybridized carbons (Fsp3) is 1.00. The van der Waals surface area contributed by atoms with E-state index >= 15 is 0 Å². The van der Waals surface area contributed by atoms with Crippen LogP contribution in [0.15, 0.2) is 0 Å². The van der Waals surface area contributed by atoms with Crippen LogP contribution in [-0.4, -0.2) is 6.18 Å². The highest BCUT2D eigenvalue weighted by Crippen LogP contribution is 2.48. The number of alkyl halides is 3. The minimum Gasteiger partial charge on any atom is -0.171 e. The third-order valence-electron chi connectivity index (χ3n) is 3.91. The molecule has 0 aromatic carbocycles. The number of halogens is 3. The van der Waals surface area contributed by atoms with Gasteiger partial charge >= 0.3 is 6.18 Å². The topological polar surface area (TPSA) is 0 Å². The molecule has 0 saturated heterocycles. The number of rotatable bonds is 3. The van der Waals surface area contributed by atoms with Crippen LogP contribution in [0.5, 0.6) is 0 Å². The molecule has 1 atom stereocenters. The zero-order valence-electron chi connectivity index (χ0n) is 9.87. The normalized spacial score (nSPS) is 16.5. The van der Waals surface area contributed by atoms with Crippen molar-refractivity contribution in [2.45, 2.75) is 47.7 Å². The van der Waals surface area contributed by atoms with E-state index < -0.39 is 17.5 Å². The molecule has 3 heteroatoms. The third-order valence-corrected chi connectivity index (χ3v) is 3.91. The van der Waals surface area contributed by atoms with Gasteiger partial charge in [-0.25, -0.2) is 0 Å². The van der Waals surface area contributed by atoms with Crippen molar-refractivity contribution in [1.29, 1.82) is 0 Å². The van der Waals surface area contributed by atoms with Gasteiger partial charge in [-0.05, 0) is 17.3 Å². The molecule has 0 rings (SSSR count).